The van der Waals surface area contributed by atoms with Crippen molar-refractivity contribution >= 4 is 33.2 Å². The molecule has 3 rings (SSSR count). The van der Waals surface area contributed by atoms with E-state index in [4.69, 9.17) is 23.2 Å². The van der Waals surface area contributed by atoms with E-state index in [-0.39, 0.29) is 15.8 Å². The molecule has 1 aliphatic carbocycles. The molecule has 2 aliphatic rings. The van der Waals surface area contributed by atoms with Gasteiger partial charge in [0.05, 0.1) is 9.92 Å². The van der Waals surface area contributed by atoms with Crippen molar-refractivity contribution in [2.45, 2.75) is 30.0 Å². The highest BCUT2D eigenvalue weighted by Gasteiger charge is 2.41. The first-order valence-corrected chi connectivity index (χ1v) is 9.32. The minimum Gasteiger partial charge on any atom is -0.207 e. The summed E-state index contributed by atoms with van der Waals surface area (Å²) in [5, 5.41) is -0.109. The van der Waals surface area contributed by atoms with Crippen LogP contribution in [-0.4, -0.2) is 25.8 Å². The maximum absolute atomic E-state index is 13.8. The number of nitrogens with zero attached hydrogens (tertiary/aromatic N) is 1. The maximum Gasteiger partial charge on any atom is 0.243 e. The maximum atomic E-state index is 13.8. The lowest BCUT2D eigenvalue weighted by molar-refractivity contribution is 0.445. The Balaban J connectivity index is 1.94. The van der Waals surface area contributed by atoms with E-state index in [1.54, 1.807) is 0 Å². The van der Waals surface area contributed by atoms with Crippen LogP contribution in [0.25, 0.3) is 0 Å². The van der Waals surface area contributed by atoms with Gasteiger partial charge < -0.3 is 0 Å². The fourth-order valence-corrected chi connectivity index (χ4v) is 5.47. The second-order valence-corrected chi connectivity index (χ2v) is 8.37. The van der Waals surface area contributed by atoms with Gasteiger partial charge in [0.2, 0.25) is 10.0 Å². The lowest BCUT2D eigenvalue weighted by atomic mass is 10.0. The van der Waals surface area contributed by atoms with Crippen molar-refractivity contribution < 1.29 is 12.8 Å². The molecule has 0 amide bonds. The van der Waals surface area contributed by atoms with Gasteiger partial charge in [-0.1, -0.05) is 18.0 Å². The average molecular weight is 352 g/mol. The van der Waals surface area contributed by atoms with Crippen molar-refractivity contribution in [2.24, 2.45) is 11.8 Å². The van der Waals surface area contributed by atoms with E-state index < -0.39 is 15.8 Å². The molecule has 1 aliphatic heterocycles. The zero-order chi connectivity index (χ0) is 15.2. The Morgan fingerprint density at radius 1 is 1.24 bits per heavy atom. The number of halogens is 3. The van der Waals surface area contributed by atoms with Crippen LogP contribution in [0.1, 0.15) is 24.8 Å². The number of sulfonamides is 1. The van der Waals surface area contributed by atoms with E-state index in [9.17, 15) is 12.8 Å². The van der Waals surface area contributed by atoms with Gasteiger partial charge in [-0.25, -0.2) is 12.8 Å². The van der Waals surface area contributed by atoms with Crippen LogP contribution in [0.5, 0.6) is 0 Å². The summed E-state index contributed by atoms with van der Waals surface area (Å²) in [7, 11) is -3.68. The van der Waals surface area contributed by atoms with Gasteiger partial charge in [0, 0.05) is 19.0 Å². The molecule has 2 atom stereocenters. The van der Waals surface area contributed by atoms with E-state index in [1.807, 2.05) is 0 Å². The van der Waals surface area contributed by atoms with Crippen molar-refractivity contribution in [3.05, 3.63) is 28.5 Å². The van der Waals surface area contributed by atoms with Crippen molar-refractivity contribution in [1.82, 2.24) is 4.31 Å². The third kappa shape index (κ3) is 2.69. The highest BCUT2D eigenvalue weighted by atomic mass is 35.5. The quantitative estimate of drug-likeness (QED) is 0.779. The summed E-state index contributed by atoms with van der Waals surface area (Å²) >= 11 is 11.5. The van der Waals surface area contributed by atoms with Crippen LogP contribution >= 0.6 is 23.2 Å². The van der Waals surface area contributed by atoms with E-state index >= 15 is 0 Å². The topological polar surface area (TPSA) is 37.4 Å². The van der Waals surface area contributed by atoms with Gasteiger partial charge >= 0.3 is 0 Å². The molecule has 1 aromatic carbocycles. The van der Waals surface area contributed by atoms with Crippen LogP contribution in [-0.2, 0) is 15.9 Å². The molecule has 2 unspecified atom stereocenters. The summed E-state index contributed by atoms with van der Waals surface area (Å²) in [6, 6.07) is 2.36. The zero-order valence-electron chi connectivity index (χ0n) is 11.4. The molecule has 1 aromatic rings. The summed E-state index contributed by atoms with van der Waals surface area (Å²) in [5.41, 5.74) is 0.302. The first kappa shape index (κ1) is 15.5. The molecule has 0 spiro atoms. The lowest BCUT2D eigenvalue weighted by Gasteiger charge is -2.18. The summed E-state index contributed by atoms with van der Waals surface area (Å²) in [6.07, 6.45) is 3.34. The third-order valence-corrected chi connectivity index (χ3v) is 7.07. The first-order valence-electron chi connectivity index (χ1n) is 6.97. The molecule has 0 radical (unpaired) electrons. The number of fused-ring (bicyclic) bond motifs is 1. The second-order valence-electron chi connectivity index (χ2n) is 5.78. The molecule has 116 valence electrons. The molecule has 1 saturated carbocycles. The predicted octanol–water partition coefficient (Wildman–Crippen LogP) is 3.64. The van der Waals surface area contributed by atoms with Crippen LogP contribution in [0, 0.1) is 17.7 Å². The molecule has 7 heteroatoms. The van der Waals surface area contributed by atoms with E-state index in [0.29, 0.717) is 30.5 Å². The molecule has 2 fully saturated rings. The van der Waals surface area contributed by atoms with E-state index in [1.165, 1.54) is 16.8 Å². The van der Waals surface area contributed by atoms with Gasteiger partial charge in [-0.15, -0.1) is 11.6 Å². The Bertz CT molecular complexity index is 653. The molecule has 21 heavy (non-hydrogen) atoms. The summed E-state index contributed by atoms with van der Waals surface area (Å²) in [4.78, 5) is -0.0555. The van der Waals surface area contributed by atoms with Gasteiger partial charge in [-0.05, 0) is 42.4 Å². The molecule has 1 heterocycles. The predicted molar refractivity (Wildman–Crippen MR) is 80.6 cm³/mol. The Kier molecular flexibility index (Phi) is 4.21. The van der Waals surface area contributed by atoms with Crippen LogP contribution < -0.4 is 0 Å². The van der Waals surface area contributed by atoms with Gasteiger partial charge in [0.25, 0.3) is 0 Å². The number of alkyl halides is 1. The molecule has 0 bridgehead atoms. The van der Waals surface area contributed by atoms with Gasteiger partial charge in [-0.2, -0.15) is 4.31 Å². The first-order chi connectivity index (χ1) is 9.93. The fourth-order valence-electron chi connectivity index (χ4n) is 3.40. The Morgan fingerprint density at radius 2 is 1.86 bits per heavy atom. The monoisotopic (exact) mass is 351 g/mol. The Hall–Kier alpha value is -0.360. The number of rotatable bonds is 3. The largest absolute Gasteiger partial charge is 0.243 e. The summed E-state index contributed by atoms with van der Waals surface area (Å²) < 4.78 is 40.6. The van der Waals surface area contributed by atoms with Gasteiger partial charge in [0.1, 0.15) is 5.82 Å². The van der Waals surface area contributed by atoms with E-state index in [2.05, 4.69) is 0 Å². The summed E-state index contributed by atoms with van der Waals surface area (Å²) in [6.45, 7) is 1.07. The normalized spacial score (nSPS) is 26.2. The SMILES string of the molecule is O=S(=O)(c1cc(F)c(Cl)c(CCl)c1)N1CC2CCCC2C1. The van der Waals surface area contributed by atoms with Crippen LogP contribution in [0.3, 0.4) is 0 Å². The average Bonchev–Trinajstić information content (AvgIpc) is 3.02. The van der Waals surface area contributed by atoms with Crippen LogP contribution in [0.4, 0.5) is 4.39 Å². The van der Waals surface area contributed by atoms with Crippen LogP contribution in [0.2, 0.25) is 5.02 Å². The number of benzene rings is 1. The van der Waals surface area contributed by atoms with Crippen molar-refractivity contribution in [3.63, 3.8) is 0 Å². The number of hydrogen-bond donors (Lipinski definition) is 0. The number of hydrogen-bond acceptors (Lipinski definition) is 2. The molecular formula is C14H16Cl2FNO2S. The zero-order valence-corrected chi connectivity index (χ0v) is 13.7. The van der Waals surface area contributed by atoms with Crippen molar-refractivity contribution in [3.8, 4) is 0 Å². The highest BCUT2D eigenvalue weighted by molar-refractivity contribution is 7.89. The lowest BCUT2D eigenvalue weighted by Crippen LogP contribution is -2.29. The van der Waals surface area contributed by atoms with Gasteiger partial charge in [0.15, 0.2) is 0 Å². The van der Waals surface area contributed by atoms with Gasteiger partial charge in [-0.3, -0.25) is 0 Å². The molecule has 3 nitrogen and oxygen atoms in total. The third-order valence-electron chi connectivity index (χ3n) is 4.55. The Morgan fingerprint density at radius 3 is 2.43 bits per heavy atom. The van der Waals surface area contributed by atoms with Crippen LogP contribution in [0.15, 0.2) is 17.0 Å². The smallest absolute Gasteiger partial charge is 0.207 e. The molecule has 0 N–H and O–H groups in total. The molecular weight excluding hydrogens is 336 g/mol. The fraction of sp³-hybridized carbons (Fsp3) is 0.571. The standard InChI is InChI=1S/C14H16Cl2FNO2S/c15-6-11-4-12(5-13(17)14(11)16)21(19,20)18-7-9-2-1-3-10(9)8-18/h4-5,9-10H,1-3,6-8H2. The Labute approximate surface area is 134 Å². The molecule has 0 aromatic heterocycles. The minimum atomic E-state index is -3.68. The van der Waals surface area contributed by atoms with E-state index in [0.717, 1.165) is 18.9 Å². The second kappa shape index (κ2) is 5.69. The summed E-state index contributed by atoms with van der Waals surface area (Å²) in [5.74, 6) is 0.131. The minimum absolute atomic E-state index is 0.0234. The molecule has 1 saturated heterocycles. The van der Waals surface area contributed by atoms with Crippen molar-refractivity contribution in [2.75, 3.05) is 13.1 Å². The van der Waals surface area contributed by atoms with Crippen molar-refractivity contribution in [1.29, 1.82) is 0 Å². The highest BCUT2D eigenvalue weighted by Crippen LogP contribution is 2.40.